The Morgan fingerprint density at radius 2 is 2.11 bits per heavy atom. The van der Waals surface area contributed by atoms with E-state index in [1.165, 1.54) is 55.1 Å². The molecule has 0 saturated heterocycles. The van der Waals surface area contributed by atoms with Crippen LogP contribution in [0.4, 0.5) is 5.69 Å². The summed E-state index contributed by atoms with van der Waals surface area (Å²) in [4.78, 5) is 3.25. The van der Waals surface area contributed by atoms with E-state index in [0.717, 1.165) is 5.92 Å². The van der Waals surface area contributed by atoms with Gasteiger partial charge in [-0.15, -0.1) is 0 Å². The van der Waals surface area contributed by atoms with Gasteiger partial charge in [0.25, 0.3) is 0 Å². The van der Waals surface area contributed by atoms with Crippen molar-refractivity contribution in [3.05, 3.63) is 30.5 Å². The van der Waals surface area contributed by atoms with Crippen molar-refractivity contribution < 1.29 is 0 Å². The first-order valence-electron chi connectivity index (χ1n) is 7.69. The number of benzene rings is 1. The molecular weight excluding hydrogens is 232 g/mol. The van der Waals surface area contributed by atoms with Gasteiger partial charge >= 0.3 is 0 Å². The molecule has 1 aliphatic rings. The number of aromatic nitrogens is 1. The molecule has 0 bridgehead atoms. The molecule has 2 nitrogen and oxygen atoms in total. The van der Waals surface area contributed by atoms with Crippen LogP contribution in [0.1, 0.15) is 45.4 Å². The van der Waals surface area contributed by atoms with Crippen molar-refractivity contribution >= 4 is 16.6 Å². The van der Waals surface area contributed by atoms with Gasteiger partial charge in [-0.2, -0.15) is 0 Å². The lowest BCUT2D eigenvalue weighted by atomic mass is 9.98. The maximum Gasteiger partial charge on any atom is 0.0455 e. The molecule has 1 fully saturated rings. The molecule has 3 rings (SSSR count). The number of aromatic amines is 1. The largest absolute Gasteiger partial charge is 0.382 e. The van der Waals surface area contributed by atoms with Gasteiger partial charge in [0.2, 0.25) is 0 Å². The van der Waals surface area contributed by atoms with E-state index in [-0.39, 0.29) is 0 Å². The van der Waals surface area contributed by atoms with Crippen molar-refractivity contribution in [1.82, 2.24) is 4.98 Å². The standard InChI is InChI=1S/C17H24N2/c1-2-13-4-3-5-15(7-6-13)19-16-8-9-17-14(12-16)10-11-18-17/h8-13,15,18-19H,2-7H2,1H3. The molecule has 2 aromatic rings. The summed E-state index contributed by atoms with van der Waals surface area (Å²) in [7, 11) is 0. The van der Waals surface area contributed by atoms with E-state index in [9.17, 15) is 0 Å². The smallest absolute Gasteiger partial charge is 0.0455 e. The van der Waals surface area contributed by atoms with E-state index in [2.05, 4.69) is 41.5 Å². The first-order valence-corrected chi connectivity index (χ1v) is 7.69. The van der Waals surface area contributed by atoms with Gasteiger partial charge in [0, 0.05) is 28.8 Å². The van der Waals surface area contributed by atoms with Crippen LogP contribution in [0.2, 0.25) is 0 Å². The van der Waals surface area contributed by atoms with Gasteiger partial charge in [-0.1, -0.05) is 26.2 Å². The van der Waals surface area contributed by atoms with E-state index in [1.54, 1.807) is 0 Å². The van der Waals surface area contributed by atoms with E-state index < -0.39 is 0 Å². The number of hydrogen-bond donors (Lipinski definition) is 2. The normalized spacial score (nSPS) is 24.3. The van der Waals surface area contributed by atoms with Gasteiger partial charge in [0.1, 0.15) is 0 Å². The molecule has 19 heavy (non-hydrogen) atoms. The fourth-order valence-electron chi connectivity index (χ4n) is 3.31. The monoisotopic (exact) mass is 256 g/mol. The minimum absolute atomic E-state index is 0.660. The molecule has 0 radical (unpaired) electrons. The number of fused-ring (bicyclic) bond motifs is 1. The minimum Gasteiger partial charge on any atom is -0.382 e. The van der Waals surface area contributed by atoms with Crippen molar-refractivity contribution in [3.8, 4) is 0 Å². The summed E-state index contributed by atoms with van der Waals surface area (Å²) in [6, 6.07) is 9.42. The maximum atomic E-state index is 3.73. The molecular formula is C17H24N2. The highest BCUT2D eigenvalue weighted by Gasteiger charge is 2.17. The quantitative estimate of drug-likeness (QED) is 0.748. The highest BCUT2D eigenvalue weighted by Crippen LogP contribution is 2.28. The van der Waals surface area contributed by atoms with Crippen LogP contribution in [-0.2, 0) is 0 Å². The Morgan fingerprint density at radius 3 is 3.00 bits per heavy atom. The zero-order chi connectivity index (χ0) is 13.1. The van der Waals surface area contributed by atoms with E-state index >= 15 is 0 Å². The second-order valence-corrected chi connectivity index (χ2v) is 5.90. The van der Waals surface area contributed by atoms with Gasteiger partial charge in [-0.3, -0.25) is 0 Å². The number of hydrogen-bond acceptors (Lipinski definition) is 1. The van der Waals surface area contributed by atoms with Crippen LogP contribution in [0.15, 0.2) is 30.5 Å². The Kier molecular flexibility index (Phi) is 3.77. The summed E-state index contributed by atoms with van der Waals surface area (Å²) in [6.07, 6.45) is 10.2. The Hall–Kier alpha value is -1.44. The van der Waals surface area contributed by atoms with Crippen molar-refractivity contribution in [1.29, 1.82) is 0 Å². The number of rotatable bonds is 3. The van der Waals surface area contributed by atoms with Crippen molar-refractivity contribution in [3.63, 3.8) is 0 Å². The van der Waals surface area contributed by atoms with Gasteiger partial charge < -0.3 is 10.3 Å². The van der Waals surface area contributed by atoms with Crippen molar-refractivity contribution in [2.24, 2.45) is 5.92 Å². The predicted octanol–water partition coefficient (Wildman–Crippen LogP) is 4.94. The van der Waals surface area contributed by atoms with Gasteiger partial charge in [0.05, 0.1) is 0 Å². The first-order chi connectivity index (χ1) is 9.35. The summed E-state index contributed by atoms with van der Waals surface area (Å²) in [6.45, 7) is 2.33. The van der Waals surface area contributed by atoms with E-state index in [0.29, 0.717) is 6.04 Å². The lowest BCUT2D eigenvalue weighted by Gasteiger charge is -2.18. The molecule has 0 aliphatic heterocycles. The Bertz CT molecular complexity index is 529. The summed E-state index contributed by atoms with van der Waals surface area (Å²) >= 11 is 0. The molecule has 2 unspecified atom stereocenters. The van der Waals surface area contributed by atoms with Crippen LogP contribution in [0, 0.1) is 5.92 Å². The van der Waals surface area contributed by atoms with Crippen LogP contribution in [0.3, 0.4) is 0 Å². The van der Waals surface area contributed by atoms with E-state index in [1.807, 2.05) is 6.20 Å². The lowest BCUT2D eigenvalue weighted by molar-refractivity contribution is 0.444. The third-order valence-corrected chi connectivity index (χ3v) is 4.59. The minimum atomic E-state index is 0.660. The molecule has 0 spiro atoms. The Labute approximate surface area is 115 Å². The van der Waals surface area contributed by atoms with Gasteiger partial charge in [-0.25, -0.2) is 0 Å². The highest BCUT2D eigenvalue weighted by atomic mass is 14.9. The first kappa shape index (κ1) is 12.6. The third-order valence-electron chi connectivity index (χ3n) is 4.59. The molecule has 2 N–H and O–H groups in total. The molecule has 102 valence electrons. The topological polar surface area (TPSA) is 27.8 Å². The number of anilines is 1. The molecule has 1 aliphatic carbocycles. The number of H-pyrrole nitrogens is 1. The van der Waals surface area contributed by atoms with Crippen LogP contribution >= 0.6 is 0 Å². The van der Waals surface area contributed by atoms with Gasteiger partial charge in [-0.05, 0) is 49.4 Å². The fraction of sp³-hybridized carbons (Fsp3) is 0.529. The van der Waals surface area contributed by atoms with Crippen LogP contribution in [0.25, 0.3) is 10.9 Å². The van der Waals surface area contributed by atoms with Crippen molar-refractivity contribution in [2.45, 2.75) is 51.5 Å². The van der Waals surface area contributed by atoms with E-state index in [4.69, 9.17) is 0 Å². The molecule has 1 heterocycles. The number of nitrogens with one attached hydrogen (secondary N) is 2. The molecule has 1 aromatic heterocycles. The molecule has 1 aromatic carbocycles. The molecule has 2 heteroatoms. The van der Waals surface area contributed by atoms with Gasteiger partial charge in [0.15, 0.2) is 0 Å². The SMILES string of the molecule is CCC1CCCC(Nc2ccc3[nH]ccc3c2)CC1. The predicted molar refractivity (Wildman–Crippen MR) is 82.6 cm³/mol. The van der Waals surface area contributed by atoms with Crippen molar-refractivity contribution in [2.75, 3.05) is 5.32 Å². The summed E-state index contributed by atoms with van der Waals surface area (Å²) in [5.74, 6) is 0.957. The second-order valence-electron chi connectivity index (χ2n) is 5.90. The summed E-state index contributed by atoms with van der Waals surface area (Å²) < 4.78 is 0. The zero-order valence-electron chi connectivity index (χ0n) is 11.8. The maximum absolute atomic E-state index is 3.73. The molecule has 1 saturated carbocycles. The second kappa shape index (κ2) is 5.68. The Morgan fingerprint density at radius 1 is 1.16 bits per heavy atom. The lowest BCUT2D eigenvalue weighted by Crippen LogP contribution is -2.18. The average molecular weight is 256 g/mol. The van der Waals surface area contributed by atoms with Crippen LogP contribution in [-0.4, -0.2) is 11.0 Å². The molecule has 0 amide bonds. The average Bonchev–Trinajstić information content (AvgIpc) is 2.77. The third kappa shape index (κ3) is 2.94. The fourth-order valence-corrected chi connectivity index (χ4v) is 3.31. The molecule has 2 atom stereocenters. The Balaban J connectivity index is 1.66. The summed E-state index contributed by atoms with van der Waals surface area (Å²) in [5, 5.41) is 5.03. The highest BCUT2D eigenvalue weighted by molar-refractivity contribution is 5.83. The van der Waals surface area contributed by atoms with Crippen LogP contribution < -0.4 is 5.32 Å². The zero-order valence-corrected chi connectivity index (χ0v) is 11.8. The summed E-state index contributed by atoms with van der Waals surface area (Å²) in [5.41, 5.74) is 2.49. The van der Waals surface area contributed by atoms with Crippen LogP contribution in [0.5, 0.6) is 0 Å².